The van der Waals surface area contributed by atoms with Crippen LogP contribution in [-0.4, -0.2) is 24.3 Å². The van der Waals surface area contributed by atoms with Crippen LogP contribution >= 0.6 is 23.4 Å². The van der Waals surface area contributed by atoms with E-state index in [1.165, 1.54) is 17.8 Å². The van der Waals surface area contributed by atoms with E-state index in [2.05, 4.69) is 5.32 Å². The van der Waals surface area contributed by atoms with Gasteiger partial charge in [-0.15, -0.1) is 0 Å². The smallest absolute Gasteiger partial charge is 0.261 e. The second kappa shape index (κ2) is 10.5. The van der Waals surface area contributed by atoms with E-state index in [1.807, 2.05) is 49.4 Å². The lowest BCUT2D eigenvalue weighted by Gasteiger charge is -2.17. The Balaban J connectivity index is 1.47. The maximum absolute atomic E-state index is 13.8. The molecule has 0 bridgehead atoms. The summed E-state index contributed by atoms with van der Waals surface area (Å²) in [6.07, 6.45) is 0.0126. The summed E-state index contributed by atoms with van der Waals surface area (Å²) in [5, 5.41) is 5.52. The molecule has 3 nitrogen and oxygen atoms in total. The lowest BCUT2D eigenvalue weighted by Crippen LogP contribution is -2.39. The van der Waals surface area contributed by atoms with Crippen LogP contribution in [0, 0.1) is 5.82 Å². The number of nitrogens with one attached hydrogen (secondary N) is 1. The Morgan fingerprint density at radius 3 is 2.69 bits per heavy atom. The summed E-state index contributed by atoms with van der Waals surface area (Å²) < 4.78 is 19.7. The number of thioether (sulfide) groups is 1. The Bertz CT molecular complexity index is 962. The molecule has 0 unspecified atom stereocenters. The van der Waals surface area contributed by atoms with Crippen molar-refractivity contribution in [1.82, 2.24) is 5.32 Å². The van der Waals surface area contributed by atoms with Crippen LogP contribution in [0.15, 0.2) is 60.7 Å². The first-order valence-corrected chi connectivity index (χ1v) is 11.1. The summed E-state index contributed by atoms with van der Waals surface area (Å²) in [5.41, 5.74) is 0.497. The normalized spacial score (nSPS) is 12.0. The number of amides is 1. The number of carbonyl (C=O) groups is 1. The van der Waals surface area contributed by atoms with E-state index in [0.717, 1.165) is 10.8 Å². The number of rotatable bonds is 9. The fourth-order valence-corrected chi connectivity index (χ4v) is 4.13. The minimum atomic E-state index is -0.554. The summed E-state index contributed by atoms with van der Waals surface area (Å²) in [4.78, 5) is 12.5. The van der Waals surface area contributed by atoms with Crippen LogP contribution in [0.2, 0.25) is 5.02 Å². The number of hydrogen-bond acceptors (Lipinski definition) is 3. The van der Waals surface area contributed by atoms with Crippen molar-refractivity contribution in [3.05, 3.63) is 77.1 Å². The second-order valence-corrected chi connectivity index (χ2v) is 8.08. The molecule has 0 spiro atoms. The van der Waals surface area contributed by atoms with E-state index in [1.54, 1.807) is 12.1 Å². The average Bonchev–Trinajstić information content (AvgIpc) is 2.73. The quantitative estimate of drug-likeness (QED) is 0.432. The highest BCUT2D eigenvalue weighted by molar-refractivity contribution is 7.98. The molecule has 0 aliphatic rings. The van der Waals surface area contributed by atoms with Gasteiger partial charge in [0.1, 0.15) is 11.6 Å². The van der Waals surface area contributed by atoms with Gasteiger partial charge in [-0.05, 0) is 41.5 Å². The lowest BCUT2D eigenvalue weighted by molar-refractivity contribution is -0.127. The summed E-state index contributed by atoms with van der Waals surface area (Å²) in [6.45, 7) is 2.40. The van der Waals surface area contributed by atoms with Crippen LogP contribution in [0.4, 0.5) is 4.39 Å². The molecule has 3 rings (SSSR count). The van der Waals surface area contributed by atoms with Crippen LogP contribution in [-0.2, 0) is 10.5 Å². The molecular formula is C23H23ClFNO2S. The van der Waals surface area contributed by atoms with Crippen molar-refractivity contribution in [1.29, 1.82) is 0 Å². The zero-order chi connectivity index (χ0) is 20.6. The van der Waals surface area contributed by atoms with E-state index in [4.69, 9.17) is 16.3 Å². The van der Waals surface area contributed by atoms with Gasteiger partial charge in [0, 0.05) is 28.6 Å². The largest absolute Gasteiger partial charge is 0.481 e. The molecule has 1 N–H and O–H groups in total. The van der Waals surface area contributed by atoms with E-state index in [-0.39, 0.29) is 11.7 Å². The molecule has 0 aromatic heterocycles. The second-order valence-electron chi connectivity index (χ2n) is 6.57. The molecule has 0 saturated heterocycles. The molecule has 1 atom stereocenters. The van der Waals surface area contributed by atoms with Crippen molar-refractivity contribution < 1.29 is 13.9 Å². The third-order valence-electron chi connectivity index (χ3n) is 4.52. The predicted octanol–water partition coefficient (Wildman–Crippen LogP) is 5.84. The summed E-state index contributed by atoms with van der Waals surface area (Å²) >= 11 is 7.55. The Morgan fingerprint density at radius 1 is 1.14 bits per heavy atom. The van der Waals surface area contributed by atoms with Gasteiger partial charge in [0.2, 0.25) is 0 Å². The van der Waals surface area contributed by atoms with Crippen molar-refractivity contribution >= 4 is 40.0 Å². The van der Waals surface area contributed by atoms with Crippen molar-refractivity contribution in [2.45, 2.75) is 25.2 Å². The Labute approximate surface area is 179 Å². The van der Waals surface area contributed by atoms with Crippen LogP contribution in [0.3, 0.4) is 0 Å². The van der Waals surface area contributed by atoms with E-state index in [9.17, 15) is 9.18 Å². The molecule has 3 aromatic rings. The SMILES string of the molecule is CC[C@H](Oc1ccc2ccccc2c1)C(=O)NCCSCc1c(F)cccc1Cl. The van der Waals surface area contributed by atoms with Crippen LogP contribution < -0.4 is 10.1 Å². The van der Waals surface area contributed by atoms with E-state index in [0.29, 0.717) is 40.8 Å². The highest BCUT2D eigenvalue weighted by atomic mass is 35.5. The molecule has 29 heavy (non-hydrogen) atoms. The van der Waals surface area contributed by atoms with Gasteiger partial charge >= 0.3 is 0 Å². The minimum absolute atomic E-state index is 0.148. The lowest BCUT2D eigenvalue weighted by atomic mass is 10.1. The van der Waals surface area contributed by atoms with E-state index >= 15 is 0 Å². The van der Waals surface area contributed by atoms with Gasteiger partial charge in [0.15, 0.2) is 6.10 Å². The number of benzene rings is 3. The molecule has 6 heteroatoms. The van der Waals surface area contributed by atoms with Crippen LogP contribution in [0.1, 0.15) is 18.9 Å². The highest BCUT2D eigenvalue weighted by Gasteiger charge is 2.18. The molecule has 0 radical (unpaired) electrons. The summed E-state index contributed by atoms with van der Waals surface area (Å²) in [7, 11) is 0. The predicted molar refractivity (Wildman–Crippen MR) is 119 cm³/mol. The molecule has 152 valence electrons. The highest BCUT2D eigenvalue weighted by Crippen LogP contribution is 2.24. The van der Waals surface area contributed by atoms with Gasteiger partial charge in [-0.1, -0.05) is 54.9 Å². The number of halogens is 2. The van der Waals surface area contributed by atoms with Gasteiger partial charge in [-0.2, -0.15) is 11.8 Å². The number of ether oxygens (including phenoxy) is 1. The van der Waals surface area contributed by atoms with Crippen LogP contribution in [0.25, 0.3) is 10.8 Å². The molecule has 0 saturated carbocycles. The average molecular weight is 432 g/mol. The Hall–Kier alpha value is -2.24. The third-order valence-corrected chi connectivity index (χ3v) is 5.86. The van der Waals surface area contributed by atoms with Crippen LogP contribution in [0.5, 0.6) is 5.75 Å². The van der Waals surface area contributed by atoms with Crippen molar-refractivity contribution in [3.8, 4) is 5.75 Å². The fourth-order valence-electron chi connectivity index (χ4n) is 2.93. The number of carbonyl (C=O) groups excluding carboxylic acids is 1. The van der Waals surface area contributed by atoms with Gasteiger partial charge in [0.25, 0.3) is 5.91 Å². The van der Waals surface area contributed by atoms with E-state index < -0.39 is 6.10 Å². The first-order chi connectivity index (χ1) is 14.1. The zero-order valence-corrected chi connectivity index (χ0v) is 17.7. The first kappa shape index (κ1) is 21.5. The molecule has 0 heterocycles. The topological polar surface area (TPSA) is 38.3 Å². The first-order valence-electron chi connectivity index (χ1n) is 9.52. The fraction of sp³-hybridized carbons (Fsp3) is 0.261. The maximum Gasteiger partial charge on any atom is 0.261 e. The van der Waals surface area contributed by atoms with Crippen molar-refractivity contribution in [2.75, 3.05) is 12.3 Å². The summed E-state index contributed by atoms with van der Waals surface area (Å²) in [5.74, 6) is 1.35. The van der Waals surface area contributed by atoms with Gasteiger partial charge in [-0.3, -0.25) is 4.79 Å². The molecule has 0 aliphatic carbocycles. The molecule has 1 amide bonds. The number of fused-ring (bicyclic) bond motifs is 1. The Morgan fingerprint density at radius 2 is 1.93 bits per heavy atom. The van der Waals surface area contributed by atoms with Gasteiger partial charge < -0.3 is 10.1 Å². The standard InChI is InChI=1S/C23H23ClFNO2S/c1-2-22(28-18-11-10-16-6-3-4-7-17(16)14-18)23(27)26-12-13-29-15-19-20(24)8-5-9-21(19)25/h3-11,14,22H,2,12-13,15H2,1H3,(H,26,27)/t22-/m0/s1. The minimum Gasteiger partial charge on any atom is -0.481 e. The molecule has 0 fully saturated rings. The molecule has 3 aromatic carbocycles. The van der Waals surface area contributed by atoms with Crippen molar-refractivity contribution in [3.63, 3.8) is 0 Å². The van der Waals surface area contributed by atoms with Gasteiger partial charge in [-0.25, -0.2) is 4.39 Å². The van der Waals surface area contributed by atoms with Gasteiger partial charge in [0.05, 0.1) is 0 Å². The molecule has 0 aliphatic heterocycles. The van der Waals surface area contributed by atoms with Crippen molar-refractivity contribution in [2.24, 2.45) is 0 Å². The molecular weight excluding hydrogens is 409 g/mol. The number of hydrogen-bond donors (Lipinski definition) is 1. The zero-order valence-electron chi connectivity index (χ0n) is 16.2. The Kier molecular flexibility index (Phi) is 7.78. The summed E-state index contributed by atoms with van der Waals surface area (Å²) in [6, 6.07) is 18.5. The maximum atomic E-state index is 13.8. The monoisotopic (exact) mass is 431 g/mol. The third kappa shape index (κ3) is 5.87.